The number of carbonyl (C=O) groups excluding carboxylic acids is 1. The molecule has 2 aromatic carbocycles. The molecule has 158 valence electrons. The Morgan fingerprint density at radius 1 is 1.13 bits per heavy atom. The van der Waals surface area contributed by atoms with Gasteiger partial charge < -0.3 is 4.57 Å². The maximum atomic E-state index is 14.2. The molecule has 0 aliphatic carbocycles. The number of allylic oxidation sites excluding steroid dienone is 1. The topological polar surface area (TPSA) is 68.5 Å². The minimum atomic E-state index is -3.66. The van der Waals surface area contributed by atoms with Gasteiger partial charge in [0.05, 0.1) is 20.9 Å². The number of hydrogen-bond acceptors (Lipinski definition) is 4. The van der Waals surface area contributed by atoms with Gasteiger partial charge in [0.15, 0.2) is 20.5 Å². The van der Waals surface area contributed by atoms with Crippen molar-refractivity contribution in [3.05, 3.63) is 71.3 Å². The van der Waals surface area contributed by atoms with Crippen molar-refractivity contribution in [1.29, 1.82) is 0 Å². The van der Waals surface area contributed by atoms with Crippen molar-refractivity contribution < 1.29 is 26.4 Å². The number of aromatic nitrogens is 1. The van der Waals surface area contributed by atoms with Crippen molar-refractivity contribution in [3.8, 4) is 0 Å². The van der Waals surface area contributed by atoms with Gasteiger partial charge in [-0.1, -0.05) is 17.4 Å². The molecule has 1 aromatic heterocycles. The molecular formula is C20H17F3N2O3S2. The highest BCUT2D eigenvalue weighted by Crippen LogP contribution is 2.22. The van der Waals surface area contributed by atoms with Crippen LogP contribution in [0.15, 0.2) is 58.9 Å². The molecule has 1 heterocycles. The number of carbonyl (C=O) groups is 1. The lowest BCUT2D eigenvalue weighted by molar-refractivity contribution is -0.118. The van der Waals surface area contributed by atoms with E-state index in [0.29, 0.717) is 4.70 Å². The molecule has 3 rings (SSSR count). The van der Waals surface area contributed by atoms with E-state index >= 15 is 0 Å². The van der Waals surface area contributed by atoms with E-state index in [1.165, 1.54) is 22.8 Å². The first-order valence-electron chi connectivity index (χ1n) is 8.86. The second-order valence-electron chi connectivity index (χ2n) is 6.40. The minimum Gasteiger partial charge on any atom is -0.310 e. The molecule has 0 N–H and O–H groups in total. The molecule has 30 heavy (non-hydrogen) atoms. The van der Waals surface area contributed by atoms with Crippen LogP contribution >= 0.6 is 11.3 Å². The number of fused-ring (bicyclic) bond motifs is 1. The standard InChI is InChI=1S/C20H17F3N2O3S2/c1-2-9-25-19-16(23)11-14(22)12-17(19)29-20(25)24-18(26)4-3-10-30(27,28)15-7-5-13(21)6-8-15/h2,5-8,11-12H,1,3-4,9-10H2. The summed E-state index contributed by atoms with van der Waals surface area (Å²) in [7, 11) is -3.66. The van der Waals surface area contributed by atoms with Gasteiger partial charge >= 0.3 is 0 Å². The number of rotatable bonds is 7. The van der Waals surface area contributed by atoms with Crippen LogP contribution in [0.2, 0.25) is 0 Å². The van der Waals surface area contributed by atoms with Crippen molar-refractivity contribution in [1.82, 2.24) is 4.57 Å². The Kier molecular flexibility index (Phi) is 6.57. The average Bonchev–Trinajstić information content (AvgIpc) is 2.99. The van der Waals surface area contributed by atoms with Crippen molar-refractivity contribution in [2.24, 2.45) is 4.99 Å². The summed E-state index contributed by atoms with van der Waals surface area (Å²) in [4.78, 5) is 16.3. The lowest BCUT2D eigenvalue weighted by Crippen LogP contribution is -2.17. The molecule has 3 aromatic rings. The van der Waals surface area contributed by atoms with E-state index in [-0.39, 0.29) is 40.4 Å². The molecule has 0 unspecified atom stereocenters. The Morgan fingerprint density at radius 3 is 2.50 bits per heavy atom. The van der Waals surface area contributed by atoms with Crippen LogP contribution < -0.4 is 4.80 Å². The van der Waals surface area contributed by atoms with Gasteiger partial charge in [-0.25, -0.2) is 21.6 Å². The van der Waals surface area contributed by atoms with Crippen molar-refractivity contribution in [2.45, 2.75) is 24.3 Å². The Bertz CT molecular complexity index is 1280. The highest BCUT2D eigenvalue weighted by Gasteiger charge is 2.16. The van der Waals surface area contributed by atoms with Crippen LogP contribution in [0, 0.1) is 17.5 Å². The number of thiazole rings is 1. The van der Waals surface area contributed by atoms with E-state index in [4.69, 9.17) is 0 Å². The normalized spacial score (nSPS) is 12.4. The third-order valence-electron chi connectivity index (χ3n) is 4.20. The second kappa shape index (κ2) is 8.97. The van der Waals surface area contributed by atoms with E-state index in [1.54, 1.807) is 0 Å². The molecule has 10 heteroatoms. The van der Waals surface area contributed by atoms with E-state index in [9.17, 15) is 26.4 Å². The fraction of sp³-hybridized carbons (Fsp3) is 0.200. The molecule has 0 bridgehead atoms. The summed E-state index contributed by atoms with van der Waals surface area (Å²) >= 11 is 0.952. The Balaban J connectivity index is 1.79. The van der Waals surface area contributed by atoms with Gasteiger partial charge in [0.1, 0.15) is 11.6 Å². The Labute approximate surface area is 174 Å². The SMILES string of the molecule is C=CCn1c(=NC(=O)CCCS(=O)(=O)c2ccc(F)cc2)sc2cc(F)cc(F)c21. The molecule has 5 nitrogen and oxygen atoms in total. The predicted octanol–water partition coefficient (Wildman–Crippen LogP) is 3.99. The number of benzene rings is 2. The lowest BCUT2D eigenvalue weighted by Gasteiger charge is -2.04. The number of nitrogens with zero attached hydrogens (tertiary/aromatic N) is 2. The minimum absolute atomic E-state index is 0.0113. The summed E-state index contributed by atoms with van der Waals surface area (Å²) in [5.74, 6) is -2.96. The second-order valence-corrected chi connectivity index (χ2v) is 9.52. The smallest absolute Gasteiger partial charge is 0.248 e. The highest BCUT2D eigenvalue weighted by molar-refractivity contribution is 7.91. The summed E-state index contributed by atoms with van der Waals surface area (Å²) < 4.78 is 66.8. The Hall–Kier alpha value is -2.72. The molecule has 0 aliphatic heterocycles. The van der Waals surface area contributed by atoms with Gasteiger partial charge in [-0.05, 0) is 36.8 Å². The summed E-state index contributed by atoms with van der Waals surface area (Å²) in [5, 5.41) is 0. The largest absolute Gasteiger partial charge is 0.310 e. The number of sulfone groups is 1. The third-order valence-corrected chi connectivity index (χ3v) is 7.05. The van der Waals surface area contributed by atoms with Gasteiger partial charge in [-0.15, -0.1) is 6.58 Å². The molecule has 0 spiro atoms. The Morgan fingerprint density at radius 2 is 1.83 bits per heavy atom. The summed E-state index contributed by atoms with van der Waals surface area (Å²) in [6.45, 7) is 3.75. The first-order chi connectivity index (χ1) is 14.2. The zero-order valence-corrected chi connectivity index (χ0v) is 17.3. The molecule has 0 radical (unpaired) electrons. The van der Waals surface area contributed by atoms with Crippen LogP contribution in [0.1, 0.15) is 12.8 Å². The van der Waals surface area contributed by atoms with Crippen LogP contribution in [0.25, 0.3) is 10.2 Å². The van der Waals surface area contributed by atoms with Crippen LogP contribution in [0.3, 0.4) is 0 Å². The van der Waals surface area contributed by atoms with E-state index in [0.717, 1.165) is 35.6 Å². The predicted molar refractivity (Wildman–Crippen MR) is 108 cm³/mol. The summed E-state index contributed by atoms with van der Waals surface area (Å²) in [6.07, 6.45) is 1.35. The summed E-state index contributed by atoms with van der Waals surface area (Å²) in [6, 6.07) is 6.34. The first-order valence-corrected chi connectivity index (χ1v) is 11.3. The van der Waals surface area contributed by atoms with Crippen LogP contribution in [0.4, 0.5) is 13.2 Å². The molecule has 0 atom stereocenters. The van der Waals surface area contributed by atoms with Crippen LogP contribution in [0.5, 0.6) is 0 Å². The zero-order valence-electron chi connectivity index (χ0n) is 15.6. The van der Waals surface area contributed by atoms with E-state index in [2.05, 4.69) is 11.6 Å². The molecule has 1 amide bonds. The van der Waals surface area contributed by atoms with Crippen molar-refractivity contribution >= 4 is 37.3 Å². The number of halogens is 3. The summed E-state index contributed by atoms with van der Waals surface area (Å²) in [5.41, 5.74) is 0.117. The first kappa shape index (κ1) is 22.0. The van der Waals surface area contributed by atoms with E-state index < -0.39 is 33.2 Å². The molecule has 0 fully saturated rings. The number of amides is 1. The van der Waals surface area contributed by atoms with Crippen molar-refractivity contribution in [3.63, 3.8) is 0 Å². The molecule has 0 aliphatic rings. The molecule has 0 saturated heterocycles. The zero-order chi connectivity index (χ0) is 21.9. The maximum absolute atomic E-state index is 14.2. The number of hydrogen-bond donors (Lipinski definition) is 0. The van der Waals surface area contributed by atoms with Gasteiger partial charge in [0, 0.05) is 19.0 Å². The molecular weight excluding hydrogens is 437 g/mol. The van der Waals surface area contributed by atoms with E-state index in [1.807, 2.05) is 0 Å². The average molecular weight is 454 g/mol. The van der Waals surface area contributed by atoms with Gasteiger partial charge in [0.2, 0.25) is 5.91 Å². The monoisotopic (exact) mass is 454 g/mol. The fourth-order valence-electron chi connectivity index (χ4n) is 2.85. The van der Waals surface area contributed by atoms with Crippen LogP contribution in [-0.4, -0.2) is 24.6 Å². The van der Waals surface area contributed by atoms with Gasteiger partial charge in [0.25, 0.3) is 0 Å². The maximum Gasteiger partial charge on any atom is 0.248 e. The lowest BCUT2D eigenvalue weighted by atomic mass is 10.3. The third kappa shape index (κ3) is 4.88. The van der Waals surface area contributed by atoms with Crippen LogP contribution in [-0.2, 0) is 21.2 Å². The van der Waals surface area contributed by atoms with Gasteiger partial charge in [-0.3, -0.25) is 4.79 Å². The highest BCUT2D eigenvalue weighted by atomic mass is 32.2. The van der Waals surface area contributed by atoms with Crippen molar-refractivity contribution in [2.75, 3.05) is 5.75 Å². The van der Waals surface area contributed by atoms with Gasteiger partial charge in [-0.2, -0.15) is 4.99 Å². The quantitative estimate of drug-likeness (QED) is 0.401. The molecule has 0 saturated carbocycles. The fourth-order valence-corrected chi connectivity index (χ4v) is 5.26.